The number of rotatable bonds is 5. The Balaban J connectivity index is 2.28. The summed E-state index contributed by atoms with van der Waals surface area (Å²) in [5.74, 6) is 0. The highest BCUT2D eigenvalue weighted by Gasteiger charge is 2.28. The van der Waals surface area contributed by atoms with Crippen LogP contribution in [0, 0.1) is 0 Å². The van der Waals surface area contributed by atoms with Crippen molar-refractivity contribution >= 4 is 0 Å². The van der Waals surface area contributed by atoms with E-state index in [1.165, 1.54) is 19.6 Å². The normalized spacial score (nSPS) is 20.6. The summed E-state index contributed by atoms with van der Waals surface area (Å²) in [6.07, 6.45) is 0. The molecule has 0 aromatic carbocycles. The van der Waals surface area contributed by atoms with Crippen LogP contribution in [0.25, 0.3) is 0 Å². The fraction of sp³-hybridized carbons (Fsp3) is 1.00. The van der Waals surface area contributed by atoms with Crippen LogP contribution in [0.5, 0.6) is 0 Å². The van der Waals surface area contributed by atoms with Gasteiger partial charge in [0.2, 0.25) is 0 Å². The Morgan fingerprint density at radius 1 is 1.12 bits per heavy atom. The maximum absolute atomic E-state index is 5.81. The zero-order valence-corrected chi connectivity index (χ0v) is 11.4. The van der Waals surface area contributed by atoms with Crippen LogP contribution < -0.4 is 5.73 Å². The maximum Gasteiger partial charge on any atom is 0.0276 e. The third-order valence-electron chi connectivity index (χ3n) is 3.59. The Morgan fingerprint density at radius 2 is 1.69 bits per heavy atom. The Labute approximate surface area is 100 Å². The Bertz CT molecular complexity index is 195. The summed E-state index contributed by atoms with van der Waals surface area (Å²) in [7, 11) is 4.27. The first-order valence-electron chi connectivity index (χ1n) is 6.28. The van der Waals surface area contributed by atoms with Gasteiger partial charge in [-0.2, -0.15) is 0 Å². The van der Waals surface area contributed by atoms with E-state index >= 15 is 0 Å². The maximum atomic E-state index is 5.81. The van der Waals surface area contributed by atoms with Crippen LogP contribution in [0.1, 0.15) is 13.8 Å². The predicted octanol–water partition coefficient (Wildman–Crippen LogP) is -0.0971. The molecule has 0 aliphatic carbocycles. The largest absolute Gasteiger partial charge is 0.329 e. The summed E-state index contributed by atoms with van der Waals surface area (Å²) >= 11 is 0. The first-order valence-corrected chi connectivity index (χ1v) is 6.28. The van der Waals surface area contributed by atoms with Crippen molar-refractivity contribution in [1.82, 2.24) is 14.7 Å². The molecular formula is C12H28N4. The molecule has 0 amide bonds. The molecule has 0 radical (unpaired) electrons. The van der Waals surface area contributed by atoms with Gasteiger partial charge in [0.15, 0.2) is 0 Å². The third kappa shape index (κ3) is 4.01. The van der Waals surface area contributed by atoms with Gasteiger partial charge in [0.1, 0.15) is 0 Å². The number of piperazine rings is 1. The van der Waals surface area contributed by atoms with Gasteiger partial charge >= 0.3 is 0 Å². The number of hydrogen-bond donors (Lipinski definition) is 1. The fourth-order valence-electron chi connectivity index (χ4n) is 2.05. The number of nitrogens with zero attached hydrogens (tertiary/aromatic N) is 3. The van der Waals surface area contributed by atoms with Crippen LogP contribution in [0.2, 0.25) is 0 Å². The lowest BCUT2D eigenvalue weighted by Gasteiger charge is -2.43. The predicted molar refractivity (Wildman–Crippen MR) is 69.7 cm³/mol. The van der Waals surface area contributed by atoms with Crippen molar-refractivity contribution in [3.05, 3.63) is 0 Å². The standard InChI is InChI=1S/C12H28N4/c1-12(2,11-13)16-9-7-15(8-10-16)6-5-14(3)4/h5-11,13H2,1-4H3. The summed E-state index contributed by atoms with van der Waals surface area (Å²) in [5.41, 5.74) is 5.97. The summed E-state index contributed by atoms with van der Waals surface area (Å²) in [4.78, 5) is 7.30. The van der Waals surface area contributed by atoms with E-state index < -0.39 is 0 Å². The van der Waals surface area contributed by atoms with Gasteiger partial charge in [-0.15, -0.1) is 0 Å². The summed E-state index contributed by atoms with van der Waals surface area (Å²) < 4.78 is 0. The quantitative estimate of drug-likeness (QED) is 0.713. The minimum absolute atomic E-state index is 0.160. The first kappa shape index (κ1) is 13.9. The highest BCUT2D eigenvalue weighted by atomic mass is 15.3. The second-order valence-corrected chi connectivity index (χ2v) is 5.65. The Hall–Kier alpha value is -0.160. The van der Waals surface area contributed by atoms with Crippen molar-refractivity contribution in [2.75, 3.05) is 59.9 Å². The van der Waals surface area contributed by atoms with Crippen LogP contribution in [-0.4, -0.2) is 80.1 Å². The number of likely N-dealkylation sites (N-methyl/N-ethyl adjacent to an activating group) is 1. The molecule has 0 aromatic heterocycles. The van der Waals surface area contributed by atoms with Crippen LogP contribution in [0.15, 0.2) is 0 Å². The molecule has 1 fully saturated rings. The van der Waals surface area contributed by atoms with Crippen molar-refractivity contribution in [1.29, 1.82) is 0 Å². The smallest absolute Gasteiger partial charge is 0.0276 e. The zero-order valence-electron chi connectivity index (χ0n) is 11.4. The topological polar surface area (TPSA) is 35.7 Å². The van der Waals surface area contributed by atoms with Gasteiger partial charge in [0.05, 0.1) is 0 Å². The molecule has 16 heavy (non-hydrogen) atoms. The Morgan fingerprint density at radius 3 is 2.12 bits per heavy atom. The lowest BCUT2D eigenvalue weighted by molar-refractivity contribution is 0.0545. The van der Waals surface area contributed by atoms with Crippen LogP contribution >= 0.6 is 0 Å². The van der Waals surface area contributed by atoms with Crippen molar-refractivity contribution in [2.45, 2.75) is 19.4 Å². The Kier molecular flexibility index (Phi) is 5.18. The molecule has 1 saturated heterocycles. The summed E-state index contributed by atoms with van der Waals surface area (Å²) in [6.45, 7) is 12.2. The summed E-state index contributed by atoms with van der Waals surface area (Å²) in [5, 5.41) is 0. The van der Waals surface area contributed by atoms with Gasteiger partial charge < -0.3 is 10.6 Å². The molecule has 0 aromatic rings. The van der Waals surface area contributed by atoms with E-state index in [1.54, 1.807) is 0 Å². The molecule has 0 spiro atoms. The molecule has 1 heterocycles. The molecule has 0 unspecified atom stereocenters. The van der Waals surface area contributed by atoms with Gasteiger partial charge in [-0.05, 0) is 27.9 Å². The molecule has 0 saturated carbocycles. The molecule has 0 atom stereocenters. The molecule has 1 aliphatic heterocycles. The van der Waals surface area contributed by atoms with E-state index in [2.05, 4.69) is 42.6 Å². The van der Waals surface area contributed by atoms with Crippen molar-refractivity contribution in [2.24, 2.45) is 5.73 Å². The SMILES string of the molecule is CN(C)CCN1CCN(C(C)(C)CN)CC1. The first-order chi connectivity index (χ1) is 7.45. The van der Waals surface area contributed by atoms with Crippen molar-refractivity contribution < 1.29 is 0 Å². The molecule has 4 nitrogen and oxygen atoms in total. The molecule has 0 bridgehead atoms. The van der Waals surface area contributed by atoms with E-state index in [-0.39, 0.29) is 5.54 Å². The molecule has 4 heteroatoms. The second-order valence-electron chi connectivity index (χ2n) is 5.65. The van der Waals surface area contributed by atoms with Crippen molar-refractivity contribution in [3.8, 4) is 0 Å². The van der Waals surface area contributed by atoms with E-state index in [0.29, 0.717) is 0 Å². The monoisotopic (exact) mass is 228 g/mol. The highest BCUT2D eigenvalue weighted by molar-refractivity contribution is 4.86. The highest BCUT2D eigenvalue weighted by Crippen LogP contribution is 2.15. The summed E-state index contributed by atoms with van der Waals surface area (Å²) in [6, 6.07) is 0. The molecule has 1 aliphatic rings. The van der Waals surface area contributed by atoms with E-state index in [0.717, 1.165) is 26.2 Å². The van der Waals surface area contributed by atoms with Gasteiger partial charge in [0, 0.05) is 51.4 Å². The van der Waals surface area contributed by atoms with Gasteiger partial charge in [-0.1, -0.05) is 0 Å². The van der Waals surface area contributed by atoms with Gasteiger partial charge in [0.25, 0.3) is 0 Å². The number of nitrogens with two attached hydrogens (primary N) is 1. The third-order valence-corrected chi connectivity index (χ3v) is 3.59. The van der Waals surface area contributed by atoms with Gasteiger partial charge in [-0.3, -0.25) is 9.80 Å². The fourth-order valence-corrected chi connectivity index (χ4v) is 2.05. The molecule has 1 rings (SSSR count). The van der Waals surface area contributed by atoms with Crippen LogP contribution in [0.4, 0.5) is 0 Å². The van der Waals surface area contributed by atoms with E-state index in [9.17, 15) is 0 Å². The molecular weight excluding hydrogens is 200 g/mol. The second kappa shape index (κ2) is 5.96. The van der Waals surface area contributed by atoms with E-state index in [1.807, 2.05) is 0 Å². The number of hydrogen-bond acceptors (Lipinski definition) is 4. The minimum atomic E-state index is 0.160. The van der Waals surface area contributed by atoms with Crippen LogP contribution in [0.3, 0.4) is 0 Å². The van der Waals surface area contributed by atoms with Crippen molar-refractivity contribution in [3.63, 3.8) is 0 Å². The van der Waals surface area contributed by atoms with E-state index in [4.69, 9.17) is 5.73 Å². The van der Waals surface area contributed by atoms with Gasteiger partial charge in [-0.25, -0.2) is 0 Å². The average molecular weight is 228 g/mol. The minimum Gasteiger partial charge on any atom is -0.329 e. The average Bonchev–Trinajstić information content (AvgIpc) is 2.27. The lowest BCUT2D eigenvalue weighted by Crippen LogP contribution is -2.57. The molecule has 96 valence electrons. The zero-order chi connectivity index (χ0) is 12.2. The van der Waals surface area contributed by atoms with Crippen LogP contribution in [-0.2, 0) is 0 Å². The molecule has 2 N–H and O–H groups in total. The lowest BCUT2D eigenvalue weighted by atomic mass is 10.0.